The number of fused-ring (bicyclic) bond motifs is 4. The van der Waals surface area contributed by atoms with Crippen LogP contribution in [0.4, 0.5) is 20.6 Å². The number of H-pyrrole nitrogens is 1. The molecule has 2 atom stereocenters. The molecule has 10 nitrogen and oxygen atoms in total. The van der Waals surface area contributed by atoms with Crippen LogP contribution in [-0.4, -0.2) is 84.0 Å². The molecule has 12 heteroatoms. The van der Waals surface area contributed by atoms with Crippen LogP contribution in [0.2, 0.25) is 0 Å². The first kappa shape index (κ1) is 24.8. The average Bonchev–Trinajstić information content (AvgIpc) is 3.36. The van der Waals surface area contributed by atoms with Crippen LogP contribution in [0.1, 0.15) is 27.2 Å². The Hall–Kier alpha value is -2.93. The smallest absolute Gasteiger partial charge is 0.414 e. The number of anilines is 2. The van der Waals surface area contributed by atoms with Gasteiger partial charge in [-0.3, -0.25) is 9.80 Å². The number of halogens is 1. The molecule has 4 heterocycles. The molecule has 5 rings (SSSR count). The highest BCUT2D eigenvalue weighted by atomic mass is 19.1. The molecule has 2 aromatic heterocycles. The zero-order chi connectivity index (χ0) is 26.2. The van der Waals surface area contributed by atoms with E-state index in [4.69, 9.17) is 16.2 Å². The second-order valence-corrected chi connectivity index (χ2v) is 11.0. The van der Waals surface area contributed by atoms with Gasteiger partial charge >= 0.3 is 13.6 Å². The summed E-state index contributed by atoms with van der Waals surface area (Å²) in [5.41, 5.74) is 13.9. The van der Waals surface area contributed by atoms with Crippen molar-refractivity contribution in [3.63, 3.8) is 0 Å². The van der Waals surface area contributed by atoms with Crippen molar-refractivity contribution in [2.75, 3.05) is 43.5 Å². The third-order valence-corrected chi connectivity index (χ3v) is 7.50. The zero-order valence-electron chi connectivity index (χ0n) is 21.2. The van der Waals surface area contributed by atoms with Crippen LogP contribution in [0.3, 0.4) is 0 Å². The Kier molecular flexibility index (Phi) is 5.53. The van der Waals surface area contributed by atoms with Crippen molar-refractivity contribution in [3.05, 3.63) is 24.1 Å². The number of hydrogen-bond donors (Lipinski definition) is 4. The number of nitrogens with zero attached hydrogens (tertiary/aromatic N) is 4. The van der Waals surface area contributed by atoms with Crippen molar-refractivity contribution < 1.29 is 18.9 Å². The maximum atomic E-state index is 15.0. The van der Waals surface area contributed by atoms with E-state index in [1.54, 1.807) is 27.0 Å². The van der Waals surface area contributed by atoms with Gasteiger partial charge in [-0.25, -0.2) is 14.2 Å². The van der Waals surface area contributed by atoms with Gasteiger partial charge in [0.25, 0.3) is 0 Å². The Morgan fingerprint density at radius 2 is 2.06 bits per heavy atom. The number of pyridine rings is 1. The number of nitrogens with one attached hydrogen (secondary N) is 1. The topological polar surface area (TPSA) is 137 Å². The fourth-order valence-electron chi connectivity index (χ4n) is 5.54. The minimum Gasteiger partial charge on any atom is -0.450 e. The molecule has 2 aliphatic heterocycles. The van der Waals surface area contributed by atoms with Gasteiger partial charge in [0.1, 0.15) is 22.7 Å². The molecule has 2 unspecified atom stereocenters. The molecule has 0 saturated carbocycles. The number of amides is 1. The van der Waals surface area contributed by atoms with E-state index in [1.165, 1.54) is 24.1 Å². The minimum atomic E-state index is -0.755. The first-order valence-corrected chi connectivity index (χ1v) is 11.9. The Morgan fingerprint density at radius 3 is 2.69 bits per heavy atom. The van der Waals surface area contributed by atoms with Gasteiger partial charge in [-0.15, -0.1) is 0 Å². The van der Waals surface area contributed by atoms with Crippen molar-refractivity contribution in [2.24, 2.45) is 11.5 Å². The number of hydrogen-bond acceptors (Lipinski definition) is 8. The Morgan fingerprint density at radius 1 is 1.33 bits per heavy atom. The number of aromatic amines is 1. The van der Waals surface area contributed by atoms with Gasteiger partial charge in [-0.2, -0.15) is 0 Å². The van der Waals surface area contributed by atoms with Crippen LogP contribution < -0.4 is 26.7 Å². The van der Waals surface area contributed by atoms with Gasteiger partial charge in [-0.1, -0.05) is 0 Å². The van der Waals surface area contributed by atoms with E-state index in [9.17, 15) is 14.2 Å². The third kappa shape index (κ3) is 3.62. The summed E-state index contributed by atoms with van der Waals surface area (Å²) in [5, 5.41) is 11.2. The highest BCUT2D eigenvalue weighted by molar-refractivity contribution is 6.49. The number of carbonyl (C=O) groups is 1. The molecule has 3 aromatic rings. The number of rotatable bonds is 3. The number of aromatic nitrogens is 2. The molecular formula is C24H32BFN7O3. The van der Waals surface area contributed by atoms with Gasteiger partial charge in [0.15, 0.2) is 0 Å². The first-order chi connectivity index (χ1) is 16.8. The maximum Gasteiger partial charge on any atom is 0.414 e. The lowest BCUT2D eigenvalue weighted by molar-refractivity contribution is 0.0589. The Labute approximate surface area is 209 Å². The van der Waals surface area contributed by atoms with Crippen LogP contribution in [0, 0.1) is 5.82 Å². The van der Waals surface area contributed by atoms with E-state index in [1.807, 2.05) is 11.9 Å². The van der Waals surface area contributed by atoms with E-state index in [0.29, 0.717) is 51.9 Å². The molecule has 36 heavy (non-hydrogen) atoms. The summed E-state index contributed by atoms with van der Waals surface area (Å²) in [5.74, 6) is -0.526. The van der Waals surface area contributed by atoms with Crippen molar-refractivity contribution in [1.82, 2.24) is 14.9 Å². The quantitative estimate of drug-likeness (QED) is 0.394. The SMILES string of the molecule is CN(C(=O)OC(C)(C)C)c1cc(F)cc2c1[nH]c1ncc([B]O)c(N3CC4(N)CCN(C)C4(N)C3)c12. The molecule has 1 radical (unpaired) electrons. The molecule has 2 aliphatic rings. The molecule has 1 aromatic carbocycles. The highest BCUT2D eigenvalue weighted by Crippen LogP contribution is 2.43. The summed E-state index contributed by atoms with van der Waals surface area (Å²) in [6.45, 7) is 6.98. The standard InChI is InChI=1S/C24H32BFN7O3/c1-22(2,3)36-21(34)32(5)16-9-13(26)8-14-17-19(15(25-35)10-29-20(17)30-18(14)16)33-11-23(27)6-7-31(4)24(23,28)12-33/h8-10,35H,6-7,11-12,27-28H2,1-5H3,(H,29,30). The van der Waals surface area contributed by atoms with Crippen LogP contribution >= 0.6 is 0 Å². The Balaban J connectivity index is 1.69. The van der Waals surface area contributed by atoms with Gasteiger partial charge in [-0.05, 0) is 51.8 Å². The molecule has 2 saturated heterocycles. The van der Waals surface area contributed by atoms with Crippen molar-refractivity contribution in [2.45, 2.75) is 44.0 Å². The predicted molar refractivity (Wildman–Crippen MR) is 139 cm³/mol. The minimum absolute atomic E-state index is 0.307. The molecule has 1 amide bonds. The van der Waals surface area contributed by atoms with Crippen LogP contribution in [0.15, 0.2) is 18.3 Å². The fraction of sp³-hybridized carbons (Fsp3) is 0.500. The maximum absolute atomic E-state index is 15.0. The summed E-state index contributed by atoms with van der Waals surface area (Å²) in [6.07, 6.45) is 1.66. The lowest BCUT2D eigenvalue weighted by atomic mass is 9.86. The first-order valence-electron chi connectivity index (χ1n) is 11.9. The second-order valence-electron chi connectivity index (χ2n) is 11.0. The zero-order valence-corrected chi connectivity index (χ0v) is 21.2. The van der Waals surface area contributed by atoms with E-state index in [-0.39, 0.29) is 0 Å². The van der Waals surface area contributed by atoms with Gasteiger partial charge in [0.05, 0.1) is 23.3 Å². The van der Waals surface area contributed by atoms with Crippen molar-refractivity contribution in [3.8, 4) is 0 Å². The third-order valence-electron chi connectivity index (χ3n) is 7.50. The molecule has 2 fully saturated rings. The summed E-state index contributed by atoms with van der Waals surface area (Å²) in [7, 11) is 4.47. The van der Waals surface area contributed by atoms with E-state index >= 15 is 0 Å². The van der Waals surface area contributed by atoms with E-state index in [2.05, 4.69) is 14.9 Å². The lowest BCUT2D eigenvalue weighted by Crippen LogP contribution is -2.67. The summed E-state index contributed by atoms with van der Waals surface area (Å²) >= 11 is 0. The Bertz CT molecular complexity index is 1380. The molecule has 0 aliphatic carbocycles. The van der Waals surface area contributed by atoms with Crippen LogP contribution in [0.25, 0.3) is 21.9 Å². The number of carbonyl (C=O) groups excluding carboxylic acids is 1. The summed E-state index contributed by atoms with van der Waals surface area (Å²) in [6, 6.07) is 2.67. The van der Waals surface area contributed by atoms with Gasteiger partial charge in [0, 0.05) is 42.8 Å². The lowest BCUT2D eigenvalue weighted by Gasteiger charge is -2.36. The second kappa shape index (κ2) is 8.04. The number of likely N-dealkylation sites (N-methyl/N-ethyl adjacent to an activating group) is 1. The number of likely N-dealkylation sites (tertiary alicyclic amines) is 1. The molecule has 191 valence electrons. The number of nitrogens with two attached hydrogens (primary N) is 2. The van der Waals surface area contributed by atoms with Crippen LogP contribution in [-0.2, 0) is 4.74 Å². The highest BCUT2D eigenvalue weighted by Gasteiger charge is 2.59. The molecular weight excluding hydrogens is 464 g/mol. The van der Waals surface area contributed by atoms with Gasteiger partial charge < -0.3 is 31.1 Å². The molecule has 0 spiro atoms. The van der Waals surface area contributed by atoms with Crippen molar-refractivity contribution in [1.29, 1.82) is 0 Å². The van der Waals surface area contributed by atoms with E-state index < -0.39 is 28.7 Å². The molecule has 6 N–H and O–H groups in total. The fourth-order valence-corrected chi connectivity index (χ4v) is 5.54. The summed E-state index contributed by atoms with van der Waals surface area (Å²) in [4.78, 5) is 25.9. The molecule has 0 bridgehead atoms. The van der Waals surface area contributed by atoms with Crippen molar-refractivity contribution >= 4 is 52.3 Å². The van der Waals surface area contributed by atoms with Crippen LogP contribution in [0.5, 0.6) is 0 Å². The number of ether oxygens (including phenoxy) is 1. The average molecular weight is 496 g/mol. The predicted octanol–water partition coefficient (Wildman–Crippen LogP) is 0.971. The number of benzene rings is 1. The normalized spacial score (nSPS) is 24.5. The largest absolute Gasteiger partial charge is 0.450 e. The van der Waals surface area contributed by atoms with E-state index in [0.717, 1.165) is 20.4 Å². The monoisotopic (exact) mass is 496 g/mol. The summed E-state index contributed by atoms with van der Waals surface area (Å²) < 4.78 is 20.5. The van der Waals surface area contributed by atoms with Gasteiger partial charge in [0.2, 0.25) is 0 Å².